The fourth-order valence-electron chi connectivity index (χ4n) is 4.22. The van der Waals surface area contributed by atoms with Crippen LogP contribution in [0.25, 0.3) is 6.08 Å². The van der Waals surface area contributed by atoms with Gasteiger partial charge in [-0.1, -0.05) is 6.07 Å². The summed E-state index contributed by atoms with van der Waals surface area (Å²) >= 11 is 1.66. The van der Waals surface area contributed by atoms with Gasteiger partial charge < -0.3 is 14.4 Å². The van der Waals surface area contributed by atoms with E-state index in [4.69, 9.17) is 9.47 Å². The van der Waals surface area contributed by atoms with Crippen LogP contribution in [0.3, 0.4) is 0 Å². The molecule has 4 rings (SSSR count). The molecule has 0 saturated heterocycles. The average Bonchev–Trinajstić information content (AvgIpc) is 3.38. The first-order chi connectivity index (χ1) is 14.9. The van der Waals surface area contributed by atoms with Gasteiger partial charge in [0, 0.05) is 35.8 Å². The van der Waals surface area contributed by atoms with Crippen LogP contribution in [0.2, 0.25) is 0 Å². The minimum absolute atomic E-state index is 0.0125. The van der Waals surface area contributed by atoms with Crippen LogP contribution in [0.15, 0.2) is 35.7 Å². The number of aromatic nitrogens is 2. The average molecular weight is 438 g/mol. The molecule has 0 spiro atoms. The molecule has 3 aromatic rings. The Kier molecular flexibility index (Phi) is 5.87. The van der Waals surface area contributed by atoms with Gasteiger partial charge in [0.05, 0.1) is 26.0 Å². The van der Waals surface area contributed by atoms with Gasteiger partial charge in [-0.15, -0.1) is 11.3 Å². The second-order valence-electron chi connectivity index (χ2n) is 7.65. The summed E-state index contributed by atoms with van der Waals surface area (Å²) in [5.41, 5.74) is 5.22. The SMILES string of the molecule is COc1cc2c(cc1OC)[C@H](c1cccs1)N(C(=O)/C=C/c1c(C)nn(C)c1C)CC2. The van der Waals surface area contributed by atoms with E-state index in [9.17, 15) is 4.79 Å². The molecule has 1 amide bonds. The number of thiophene rings is 1. The fraction of sp³-hybridized carbons (Fsp3) is 0.333. The van der Waals surface area contributed by atoms with Crippen LogP contribution in [0, 0.1) is 13.8 Å². The van der Waals surface area contributed by atoms with Gasteiger partial charge in [-0.05, 0) is 61.1 Å². The zero-order valence-electron chi connectivity index (χ0n) is 18.5. The maximum Gasteiger partial charge on any atom is 0.247 e. The largest absolute Gasteiger partial charge is 0.493 e. The van der Waals surface area contributed by atoms with Crippen LogP contribution < -0.4 is 9.47 Å². The molecule has 7 heteroatoms. The first kappa shape index (κ1) is 21.2. The molecule has 1 aliphatic heterocycles. The molecular weight excluding hydrogens is 410 g/mol. The Morgan fingerprint density at radius 2 is 1.97 bits per heavy atom. The third kappa shape index (κ3) is 3.85. The van der Waals surface area contributed by atoms with Crippen molar-refractivity contribution in [3.05, 3.63) is 68.7 Å². The van der Waals surface area contributed by atoms with E-state index in [1.807, 2.05) is 60.1 Å². The highest BCUT2D eigenvalue weighted by molar-refractivity contribution is 7.10. The fourth-order valence-corrected chi connectivity index (χ4v) is 5.07. The van der Waals surface area contributed by atoms with Gasteiger partial charge in [0.2, 0.25) is 5.91 Å². The highest BCUT2D eigenvalue weighted by Gasteiger charge is 2.33. The Bertz CT molecular complexity index is 1130. The maximum atomic E-state index is 13.4. The molecule has 1 aromatic carbocycles. The molecule has 1 aliphatic rings. The number of nitrogens with zero attached hydrogens (tertiary/aromatic N) is 3. The van der Waals surface area contributed by atoms with Gasteiger partial charge in [0.1, 0.15) is 0 Å². The molecule has 0 aliphatic carbocycles. The number of aryl methyl sites for hydroxylation is 2. The van der Waals surface area contributed by atoms with Gasteiger partial charge in [0.15, 0.2) is 11.5 Å². The van der Waals surface area contributed by atoms with E-state index in [0.29, 0.717) is 18.0 Å². The molecule has 2 aromatic heterocycles. The number of benzene rings is 1. The number of rotatable bonds is 5. The van der Waals surface area contributed by atoms with Crippen molar-refractivity contribution in [2.75, 3.05) is 20.8 Å². The van der Waals surface area contributed by atoms with E-state index in [0.717, 1.165) is 33.8 Å². The molecule has 3 heterocycles. The summed E-state index contributed by atoms with van der Waals surface area (Å²) in [6, 6.07) is 8.00. The van der Waals surface area contributed by atoms with Crippen LogP contribution >= 0.6 is 11.3 Å². The minimum atomic E-state index is -0.156. The molecule has 0 radical (unpaired) electrons. The van der Waals surface area contributed by atoms with Crippen LogP contribution in [0.1, 0.15) is 39.0 Å². The molecule has 0 bridgehead atoms. The highest BCUT2D eigenvalue weighted by atomic mass is 32.1. The summed E-state index contributed by atoms with van der Waals surface area (Å²) in [4.78, 5) is 16.4. The summed E-state index contributed by atoms with van der Waals surface area (Å²) in [5, 5.41) is 6.49. The van der Waals surface area contributed by atoms with Crippen molar-refractivity contribution < 1.29 is 14.3 Å². The normalized spacial score (nSPS) is 15.9. The molecule has 6 nitrogen and oxygen atoms in total. The van der Waals surface area contributed by atoms with Crippen LogP contribution in [0.4, 0.5) is 0 Å². The first-order valence-corrected chi connectivity index (χ1v) is 11.1. The van der Waals surface area contributed by atoms with Gasteiger partial charge in [0.25, 0.3) is 0 Å². The van der Waals surface area contributed by atoms with Crippen molar-refractivity contribution in [1.29, 1.82) is 0 Å². The first-order valence-electron chi connectivity index (χ1n) is 10.2. The van der Waals surface area contributed by atoms with E-state index in [1.54, 1.807) is 31.6 Å². The molecule has 31 heavy (non-hydrogen) atoms. The molecule has 0 unspecified atom stereocenters. The summed E-state index contributed by atoms with van der Waals surface area (Å²) in [6.45, 7) is 4.61. The number of carbonyl (C=O) groups excluding carboxylic acids is 1. The number of methoxy groups -OCH3 is 2. The van der Waals surface area contributed by atoms with Crippen LogP contribution in [-0.2, 0) is 18.3 Å². The van der Waals surface area contributed by atoms with Crippen molar-refractivity contribution in [3.63, 3.8) is 0 Å². The van der Waals surface area contributed by atoms with Gasteiger partial charge in [-0.2, -0.15) is 5.10 Å². The van der Waals surface area contributed by atoms with Crippen LogP contribution in [-0.4, -0.2) is 41.4 Å². The van der Waals surface area contributed by atoms with Gasteiger partial charge >= 0.3 is 0 Å². The lowest BCUT2D eigenvalue weighted by Gasteiger charge is -2.37. The van der Waals surface area contributed by atoms with Crippen molar-refractivity contribution in [3.8, 4) is 11.5 Å². The van der Waals surface area contributed by atoms with E-state index in [-0.39, 0.29) is 11.9 Å². The smallest absolute Gasteiger partial charge is 0.247 e. The predicted octanol–water partition coefficient (Wildman–Crippen LogP) is 4.30. The summed E-state index contributed by atoms with van der Waals surface area (Å²) in [5.74, 6) is 1.38. The lowest BCUT2D eigenvalue weighted by atomic mass is 9.90. The summed E-state index contributed by atoms with van der Waals surface area (Å²) in [6.07, 6.45) is 4.32. The number of carbonyl (C=O) groups is 1. The second kappa shape index (κ2) is 8.59. The van der Waals surface area contributed by atoms with Crippen LogP contribution in [0.5, 0.6) is 11.5 Å². The summed E-state index contributed by atoms with van der Waals surface area (Å²) < 4.78 is 12.9. The highest BCUT2D eigenvalue weighted by Crippen LogP contribution is 2.42. The quantitative estimate of drug-likeness (QED) is 0.559. The standard InChI is InChI=1S/C24H27N3O3S/c1-15-18(16(2)26(3)25-15)8-9-23(28)27-11-10-17-13-20(29-4)21(30-5)14-19(17)24(27)22-7-6-12-31-22/h6-9,12-14,24H,10-11H2,1-5H3/b9-8+/t24-/m1/s1. The van der Waals surface area contributed by atoms with E-state index >= 15 is 0 Å². The molecule has 162 valence electrons. The Hall–Kier alpha value is -3.06. The van der Waals surface area contributed by atoms with E-state index in [2.05, 4.69) is 11.2 Å². The Morgan fingerprint density at radius 3 is 2.58 bits per heavy atom. The van der Waals surface area contributed by atoms with Crippen molar-refractivity contribution in [1.82, 2.24) is 14.7 Å². The number of ether oxygens (including phenoxy) is 2. The Balaban J connectivity index is 1.73. The Morgan fingerprint density at radius 1 is 1.23 bits per heavy atom. The zero-order valence-corrected chi connectivity index (χ0v) is 19.3. The van der Waals surface area contributed by atoms with E-state index in [1.165, 1.54) is 5.56 Å². The Labute approximate surface area is 186 Å². The number of hydrogen-bond acceptors (Lipinski definition) is 5. The molecule has 0 saturated carbocycles. The van der Waals surface area contributed by atoms with E-state index < -0.39 is 0 Å². The molecule has 0 fully saturated rings. The number of amides is 1. The third-order valence-corrected chi connectivity index (χ3v) is 6.85. The molecule has 0 N–H and O–H groups in total. The van der Waals surface area contributed by atoms with Crippen molar-refractivity contribution >= 4 is 23.3 Å². The topological polar surface area (TPSA) is 56.6 Å². The lowest BCUT2D eigenvalue weighted by molar-refractivity contribution is -0.127. The monoisotopic (exact) mass is 437 g/mol. The minimum Gasteiger partial charge on any atom is -0.493 e. The third-order valence-electron chi connectivity index (χ3n) is 5.93. The zero-order chi connectivity index (χ0) is 22.1. The second-order valence-corrected chi connectivity index (χ2v) is 8.63. The number of fused-ring (bicyclic) bond motifs is 1. The van der Waals surface area contributed by atoms with Gasteiger partial charge in [-0.3, -0.25) is 9.48 Å². The van der Waals surface area contributed by atoms with Crippen molar-refractivity contribution in [2.24, 2.45) is 7.05 Å². The lowest BCUT2D eigenvalue weighted by Crippen LogP contribution is -2.39. The summed E-state index contributed by atoms with van der Waals surface area (Å²) in [7, 11) is 5.20. The molecular formula is C24H27N3O3S. The molecule has 1 atom stereocenters. The predicted molar refractivity (Wildman–Crippen MR) is 123 cm³/mol. The number of hydrogen-bond donors (Lipinski definition) is 0. The van der Waals surface area contributed by atoms with Gasteiger partial charge in [-0.25, -0.2) is 0 Å². The maximum absolute atomic E-state index is 13.4. The van der Waals surface area contributed by atoms with Crippen molar-refractivity contribution in [2.45, 2.75) is 26.3 Å².